The number of nitrogens with zero attached hydrogens (tertiary/aromatic N) is 2. The molecule has 0 saturated carbocycles. The lowest BCUT2D eigenvalue weighted by Gasteiger charge is -2.16. The quantitative estimate of drug-likeness (QED) is 0.154. The maximum absolute atomic E-state index is 13.5. The molecular formula is C31H25BrN2O. The summed E-state index contributed by atoms with van der Waals surface area (Å²) in [5, 5.41) is 0. The summed E-state index contributed by atoms with van der Waals surface area (Å²) in [6.45, 7) is 1.45. The van der Waals surface area contributed by atoms with Gasteiger partial charge in [-0.3, -0.25) is 4.79 Å². The Kier molecular flexibility index (Phi) is 6.92. The first-order valence-electron chi connectivity index (χ1n) is 11.6. The van der Waals surface area contributed by atoms with Crippen molar-refractivity contribution in [2.75, 3.05) is 0 Å². The van der Waals surface area contributed by atoms with Crippen LogP contribution in [0.1, 0.15) is 32.9 Å². The van der Waals surface area contributed by atoms with E-state index in [1.807, 2.05) is 48.5 Å². The Balaban J connectivity index is 1.60. The van der Waals surface area contributed by atoms with Gasteiger partial charge in [0.2, 0.25) is 0 Å². The van der Waals surface area contributed by atoms with Crippen molar-refractivity contribution in [1.29, 1.82) is 0 Å². The number of halogens is 1. The fourth-order valence-corrected chi connectivity index (χ4v) is 4.78. The van der Waals surface area contributed by atoms with E-state index in [0.717, 1.165) is 34.5 Å². The number of rotatable bonds is 8. The molecule has 3 aromatic carbocycles. The summed E-state index contributed by atoms with van der Waals surface area (Å²) in [6.07, 6.45) is 5.92. The number of hydrogen-bond acceptors (Lipinski definition) is 1. The SMILES string of the molecule is O=C(C=C(c1cccn1Cc1ccccc1)c1cccn1Cc1ccccc1)c1ccccc1Br. The van der Waals surface area contributed by atoms with Crippen LogP contribution in [0.2, 0.25) is 0 Å². The highest BCUT2D eigenvalue weighted by Crippen LogP contribution is 2.28. The van der Waals surface area contributed by atoms with E-state index in [2.05, 4.69) is 98.1 Å². The Morgan fingerprint density at radius 2 is 1.11 bits per heavy atom. The van der Waals surface area contributed by atoms with Gasteiger partial charge in [-0.2, -0.15) is 0 Å². The molecule has 5 aromatic rings. The molecule has 0 amide bonds. The van der Waals surface area contributed by atoms with Gasteiger partial charge in [0.05, 0.1) is 11.4 Å². The smallest absolute Gasteiger partial charge is 0.187 e. The molecule has 0 atom stereocenters. The molecule has 5 rings (SSSR count). The molecule has 3 nitrogen and oxygen atoms in total. The van der Waals surface area contributed by atoms with E-state index in [0.29, 0.717) is 5.56 Å². The van der Waals surface area contributed by atoms with Crippen molar-refractivity contribution < 1.29 is 4.79 Å². The minimum absolute atomic E-state index is 0.0348. The van der Waals surface area contributed by atoms with E-state index in [9.17, 15) is 4.79 Å². The summed E-state index contributed by atoms with van der Waals surface area (Å²) < 4.78 is 5.20. The fraction of sp³-hybridized carbons (Fsp3) is 0.0645. The topological polar surface area (TPSA) is 26.9 Å². The second-order valence-electron chi connectivity index (χ2n) is 8.42. The lowest BCUT2D eigenvalue weighted by molar-refractivity contribution is 0.104. The van der Waals surface area contributed by atoms with Crippen molar-refractivity contribution in [3.63, 3.8) is 0 Å². The zero-order valence-electron chi connectivity index (χ0n) is 19.2. The molecule has 0 unspecified atom stereocenters. The van der Waals surface area contributed by atoms with Crippen molar-refractivity contribution in [3.8, 4) is 0 Å². The second-order valence-corrected chi connectivity index (χ2v) is 9.27. The number of allylic oxidation sites excluding steroid dienone is 1. The monoisotopic (exact) mass is 520 g/mol. The van der Waals surface area contributed by atoms with Gasteiger partial charge in [-0.1, -0.05) is 88.7 Å². The third-order valence-electron chi connectivity index (χ3n) is 6.02. The van der Waals surface area contributed by atoms with E-state index in [1.165, 1.54) is 11.1 Å². The largest absolute Gasteiger partial charge is 0.343 e. The van der Waals surface area contributed by atoms with Gasteiger partial charge < -0.3 is 9.13 Å². The first-order chi connectivity index (χ1) is 17.2. The van der Waals surface area contributed by atoms with Gasteiger partial charge in [-0.05, 0) is 53.6 Å². The minimum atomic E-state index is -0.0348. The van der Waals surface area contributed by atoms with Crippen LogP contribution in [0.25, 0.3) is 5.57 Å². The molecule has 0 aliphatic heterocycles. The Morgan fingerprint density at radius 1 is 0.629 bits per heavy atom. The van der Waals surface area contributed by atoms with E-state index in [4.69, 9.17) is 0 Å². The molecule has 2 heterocycles. The predicted octanol–water partition coefficient (Wildman–Crippen LogP) is 7.46. The van der Waals surface area contributed by atoms with Crippen molar-refractivity contribution in [2.24, 2.45) is 0 Å². The van der Waals surface area contributed by atoms with Crippen LogP contribution < -0.4 is 0 Å². The van der Waals surface area contributed by atoms with Crippen molar-refractivity contribution in [3.05, 3.63) is 160 Å². The number of carbonyl (C=O) groups excluding carboxylic acids is 1. The second kappa shape index (κ2) is 10.6. The van der Waals surface area contributed by atoms with Crippen LogP contribution in [0.4, 0.5) is 0 Å². The molecule has 0 aliphatic carbocycles. The van der Waals surface area contributed by atoms with E-state index < -0.39 is 0 Å². The summed E-state index contributed by atoms with van der Waals surface area (Å²) in [6, 6.07) is 36.6. The Hall–Kier alpha value is -3.89. The van der Waals surface area contributed by atoms with Crippen molar-refractivity contribution >= 4 is 27.3 Å². The van der Waals surface area contributed by atoms with E-state index in [-0.39, 0.29) is 5.78 Å². The van der Waals surface area contributed by atoms with Gasteiger partial charge in [-0.25, -0.2) is 0 Å². The highest BCUT2D eigenvalue weighted by molar-refractivity contribution is 9.10. The molecule has 4 heteroatoms. The first-order valence-corrected chi connectivity index (χ1v) is 12.4. The molecule has 0 fully saturated rings. The van der Waals surface area contributed by atoms with Crippen LogP contribution >= 0.6 is 15.9 Å². The van der Waals surface area contributed by atoms with Crippen LogP contribution in [0.15, 0.2) is 132 Å². The van der Waals surface area contributed by atoms with Gasteiger partial charge in [0.1, 0.15) is 0 Å². The van der Waals surface area contributed by atoms with Gasteiger partial charge in [0, 0.05) is 41.1 Å². The molecule has 0 N–H and O–H groups in total. The van der Waals surface area contributed by atoms with Gasteiger partial charge in [0.25, 0.3) is 0 Å². The third-order valence-corrected chi connectivity index (χ3v) is 6.71. The number of hydrogen-bond donors (Lipinski definition) is 0. The number of ketones is 1. The van der Waals surface area contributed by atoms with E-state index in [1.54, 1.807) is 6.08 Å². The standard InChI is InChI=1S/C31H25BrN2O/c32-28-16-8-7-15-26(28)31(35)21-27(29-17-9-19-33(29)22-24-11-3-1-4-12-24)30-18-10-20-34(30)23-25-13-5-2-6-14-25/h1-21H,22-23H2. The summed E-state index contributed by atoms with van der Waals surface area (Å²) in [4.78, 5) is 13.5. The van der Waals surface area contributed by atoms with Gasteiger partial charge >= 0.3 is 0 Å². The van der Waals surface area contributed by atoms with Crippen molar-refractivity contribution in [1.82, 2.24) is 9.13 Å². The van der Waals surface area contributed by atoms with Gasteiger partial charge in [0.15, 0.2) is 5.78 Å². The summed E-state index contributed by atoms with van der Waals surface area (Å²) in [7, 11) is 0. The van der Waals surface area contributed by atoms with Crippen LogP contribution in [-0.2, 0) is 13.1 Å². The highest BCUT2D eigenvalue weighted by atomic mass is 79.9. The maximum Gasteiger partial charge on any atom is 0.187 e. The Bertz CT molecular complexity index is 1380. The number of benzene rings is 3. The minimum Gasteiger partial charge on any atom is -0.343 e. The van der Waals surface area contributed by atoms with Crippen LogP contribution in [0.5, 0.6) is 0 Å². The predicted molar refractivity (Wildman–Crippen MR) is 146 cm³/mol. The van der Waals surface area contributed by atoms with Crippen LogP contribution in [0, 0.1) is 0 Å². The molecule has 172 valence electrons. The number of carbonyl (C=O) groups is 1. The molecule has 0 bridgehead atoms. The zero-order chi connectivity index (χ0) is 24.0. The average Bonchev–Trinajstić information content (AvgIpc) is 3.54. The maximum atomic E-state index is 13.5. The molecule has 0 spiro atoms. The van der Waals surface area contributed by atoms with Crippen LogP contribution in [-0.4, -0.2) is 14.9 Å². The Morgan fingerprint density at radius 3 is 1.63 bits per heavy atom. The molecule has 0 saturated heterocycles. The summed E-state index contributed by atoms with van der Waals surface area (Å²) >= 11 is 3.54. The summed E-state index contributed by atoms with van der Waals surface area (Å²) in [5.74, 6) is -0.0348. The first kappa shape index (κ1) is 22.9. The van der Waals surface area contributed by atoms with Crippen molar-refractivity contribution in [2.45, 2.75) is 13.1 Å². The van der Waals surface area contributed by atoms with E-state index >= 15 is 0 Å². The lowest BCUT2D eigenvalue weighted by atomic mass is 10.0. The molecule has 0 radical (unpaired) electrons. The van der Waals surface area contributed by atoms with Gasteiger partial charge in [-0.15, -0.1) is 0 Å². The number of aromatic nitrogens is 2. The average molecular weight is 521 g/mol. The molecule has 2 aromatic heterocycles. The lowest BCUT2D eigenvalue weighted by Crippen LogP contribution is -2.09. The Labute approximate surface area is 214 Å². The zero-order valence-corrected chi connectivity index (χ0v) is 20.8. The van der Waals surface area contributed by atoms with Crippen LogP contribution in [0.3, 0.4) is 0 Å². The molecule has 35 heavy (non-hydrogen) atoms. The highest BCUT2D eigenvalue weighted by Gasteiger charge is 2.17. The summed E-state index contributed by atoms with van der Waals surface area (Å²) in [5.41, 5.74) is 5.96. The fourth-order valence-electron chi connectivity index (χ4n) is 4.30. The molecule has 0 aliphatic rings. The third kappa shape index (κ3) is 5.28. The normalized spacial score (nSPS) is 10.8. The molecular weight excluding hydrogens is 496 g/mol.